The molecule has 0 radical (unpaired) electrons. The number of unbranched alkanes of at least 4 members (excludes halogenated alkanes) is 8. The lowest BCUT2D eigenvalue weighted by Gasteiger charge is -2.17. The van der Waals surface area contributed by atoms with Crippen molar-refractivity contribution in [3.05, 3.63) is 59.2 Å². The highest BCUT2D eigenvalue weighted by atomic mass is 16.5. The highest BCUT2D eigenvalue weighted by Crippen LogP contribution is 2.29. The van der Waals surface area contributed by atoms with Crippen molar-refractivity contribution >= 4 is 0 Å². The summed E-state index contributed by atoms with van der Waals surface area (Å²) < 4.78 is 6.05. The molecule has 0 unspecified atom stereocenters. The van der Waals surface area contributed by atoms with Gasteiger partial charge in [-0.3, -0.25) is 0 Å². The Bertz CT molecular complexity index is 678. The lowest BCUT2D eigenvalue weighted by molar-refractivity contribution is 0.304. The van der Waals surface area contributed by atoms with Crippen LogP contribution in [0.1, 0.15) is 94.7 Å². The Labute approximate surface area is 178 Å². The van der Waals surface area contributed by atoms with Crippen molar-refractivity contribution in [2.24, 2.45) is 0 Å². The fraction of sp³-hybridized carbons (Fsp3) is 0.556. The lowest BCUT2D eigenvalue weighted by Crippen LogP contribution is -2.05. The zero-order valence-corrected chi connectivity index (χ0v) is 18.6. The molecule has 2 nitrogen and oxygen atoms in total. The summed E-state index contributed by atoms with van der Waals surface area (Å²) in [6.45, 7) is 5.07. The van der Waals surface area contributed by atoms with Crippen LogP contribution >= 0.6 is 0 Å². The number of phenolic OH excluding ortho intramolecular Hbond substituents is 1. The monoisotopic (exact) mass is 396 g/mol. The predicted octanol–water partition coefficient (Wildman–Crippen LogP) is 8.00. The minimum absolute atomic E-state index is 0.465. The third-order valence-electron chi connectivity index (χ3n) is 5.70. The molecule has 0 atom stereocenters. The van der Waals surface area contributed by atoms with Gasteiger partial charge in [0, 0.05) is 0 Å². The maximum absolute atomic E-state index is 10.6. The summed E-state index contributed by atoms with van der Waals surface area (Å²) >= 11 is 0. The molecule has 0 fully saturated rings. The second-order valence-corrected chi connectivity index (χ2v) is 8.13. The fourth-order valence-electron chi connectivity index (χ4n) is 3.94. The van der Waals surface area contributed by atoms with Crippen LogP contribution in [0.25, 0.3) is 0 Å². The van der Waals surface area contributed by atoms with Gasteiger partial charge in [0.15, 0.2) is 0 Å². The summed E-state index contributed by atoms with van der Waals surface area (Å²) in [5.74, 6) is 1.36. The van der Waals surface area contributed by atoms with Gasteiger partial charge in [-0.2, -0.15) is 0 Å². The topological polar surface area (TPSA) is 29.5 Å². The van der Waals surface area contributed by atoms with Gasteiger partial charge in [0.2, 0.25) is 0 Å². The average molecular weight is 397 g/mol. The average Bonchev–Trinajstić information content (AvgIpc) is 2.75. The molecule has 2 rings (SSSR count). The van der Waals surface area contributed by atoms with Crippen LogP contribution in [0.4, 0.5) is 0 Å². The van der Waals surface area contributed by atoms with E-state index in [-0.39, 0.29) is 0 Å². The van der Waals surface area contributed by atoms with Gasteiger partial charge < -0.3 is 9.84 Å². The van der Waals surface area contributed by atoms with Gasteiger partial charge in [-0.05, 0) is 60.6 Å². The molecule has 0 spiro atoms. The molecule has 0 aliphatic rings. The quantitative estimate of drug-likeness (QED) is 0.309. The van der Waals surface area contributed by atoms with E-state index in [0.717, 1.165) is 30.6 Å². The maximum Gasteiger partial charge on any atom is 0.119 e. The Morgan fingerprint density at radius 3 is 1.86 bits per heavy atom. The van der Waals surface area contributed by atoms with E-state index in [2.05, 4.69) is 19.9 Å². The van der Waals surface area contributed by atoms with Crippen LogP contribution in [0.5, 0.6) is 11.5 Å². The minimum atomic E-state index is 0.465. The summed E-state index contributed by atoms with van der Waals surface area (Å²) in [6, 6.07) is 13.9. The van der Waals surface area contributed by atoms with E-state index < -0.39 is 0 Å². The summed E-state index contributed by atoms with van der Waals surface area (Å²) in [4.78, 5) is 0. The molecule has 0 saturated heterocycles. The van der Waals surface area contributed by atoms with Crippen molar-refractivity contribution in [2.75, 3.05) is 0 Å². The summed E-state index contributed by atoms with van der Waals surface area (Å²) in [5.41, 5.74) is 3.71. The standard InChI is InChI=1S/C27H40O2/c1-3-5-7-9-14-18-25-23(22-29-24-16-12-11-13-17-24)20-21-27(28)26(25)19-15-10-8-6-4-2/h11-13,16-17,20-21,28H,3-10,14-15,18-19,22H2,1-2H3. The molecule has 0 bridgehead atoms. The number of phenols is 1. The molecule has 0 amide bonds. The van der Waals surface area contributed by atoms with Gasteiger partial charge in [-0.1, -0.05) is 89.5 Å². The van der Waals surface area contributed by atoms with Crippen LogP contribution in [0.2, 0.25) is 0 Å². The van der Waals surface area contributed by atoms with E-state index in [1.807, 2.05) is 36.4 Å². The molecule has 2 aromatic carbocycles. The largest absolute Gasteiger partial charge is 0.508 e. The fourth-order valence-corrected chi connectivity index (χ4v) is 3.94. The van der Waals surface area contributed by atoms with E-state index >= 15 is 0 Å². The third-order valence-corrected chi connectivity index (χ3v) is 5.70. The summed E-state index contributed by atoms with van der Waals surface area (Å²) in [7, 11) is 0. The first-order valence-electron chi connectivity index (χ1n) is 11.8. The molecule has 0 aliphatic carbocycles. The van der Waals surface area contributed by atoms with Crippen LogP contribution in [0.3, 0.4) is 0 Å². The molecule has 0 heterocycles. The molecule has 0 aliphatic heterocycles. The minimum Gasteiger partial charge on any atom is -0.508 e. The van der Waals surface area contributed by atoms with Crippen LogP contribution in [-0.2, 0) is 19.4 Å². The van der Waals surface area contributed by atoms with E-state index in [9.17, 15) is 5.11 Å². The summed E-state index contributed by atoms with van der Waals surface area (Å²) in [6.07, 6.45) is 14.6. The van der Waals surface area contributed by atoms with Crippen LogP contribution in [-0.4, -0.2) is 5.11 Å². The van der Waals surface area contributed by atoms with E-state index in [1.54, 1.807) is 0 Å². The normalized spacial score (nSPS) is 11.0. The molecule has 160 valence electrons. The Morgan fingerprint density at radius 2 is 1.24 bits per heavy atom. The number of para-hydroxylation sites is 1. The summed E-state index contributed by atoms with van der Waals surface area (Å²) in [5, 5.41) is 10.6. The van der Waals surface area contributed by atoms with Crippen molar-refractivity contribution in [2.45, 2.75) is 97.5 Å². The van der Waals surface area contributed by atoms with E-state index in [4.69, 9.17) is 4.74 Å². The van der Waals surface area contributed by atoms with Gasteiger partial charge >= 0.3 is 0 Å². The zero-order chi connectivity index (χ0) is 20.7. The van der Waals surface area contributed by atoms with E-state index in [1.165, 1.54) is 68.9 Å². The van der Waals surface area contributed by atoms with E-state index in [0.29, 0.717) is 12.4 Å². The smallest absolute Gasteiger partial charge is 0.119 e. The molecular formula is C27H40O2. The second kappa shape index (κ2) is 14.1. The second-order valence-electron chi connectivity index (χ2n) is 8.13. The lowest BCUT2D eigenvalue weighted by atomic mass is 9.91. The van der Waals surface area contributed by atoms with Crippen molar-refractivity contribution in [1.29, 1.82) is 0 Å². The zero-order valence-electron chi connectivity index (χ0n) is 18.6. The third kappa shape index (κ3) is 8.51. The number of benzene rings is 2. The van der Waals surface area contributed by atoms with Crippen molar-refractivity contribution < 1.29 is 9.84 Å². The van der Waals surface area contributed by atoms with Crippen LogP contribution in [0, 0.1) is 0 Å². The maximum atomic E-state index is 10.6. The molecule has 29 heavy (non-hydrogen) atoms. The molecular weight excluding hydrogens is 356 g/mol. The predicted molar refractivity (Wildman–Crippen MR) is 124 cm³/mol. The first-order chi connectivity index (χ1) is 14.3. The van der Waals surface area contributed by atoms with Gasteiger partial charge in [0.05, 0.1) is 0 Å². The Hall–Kier alpha value is -1.96. The van der Waals surface area contributed by atoms with Gasteiger partial charge in [0.25, 0.3) is 0 Å². The van der Waals surface area contributed by atoms with Crippen molar-refractivity contribution in [1.82, 2.24) is 0 Å². The Kier molecular flexibility index (Phi) is 11.3. The van der Waals surface area contributed by atoms with Crippen LogP contribution in [0.15, 0.2) is 42.5 Å². The van der Waals surface area contributed by atoms with Gasteiger partial charge in [0.1, 0.15) is 18.1 Å². The molecule has 1 N–H and O–H groups in total. The number of aromatic hydroxyl groups is 1. The van der Waals surface area contributed by atoms with Crippen molar-refractivity contribution in [3.8, 4) is 11.5 Å². The molecule has 2 aromatic rings. The molecule has 0 aromatic heterocycles. The number of ether oxygens (including phenoxy) is 1. The number of rotatable bonds is 15. The van der Waals surface area contributed by atoms with Crippen molar-refractivity contribution in [3.63, 3.8) is 0 Å². The van der Waals surface area contributed by atoms with Gasteiger partial charge in [-0.25, -0.2) is 0 Å². The Morgan fingerprint density at radius 1 is 0.655 bits per heavy atom. The van der Waals surface area contributed by atoms with Crippen LogP contribution < -0.4 is 4.74 Å². The SMILES string of the molecule is CCCCCCCc1c(O)ccc(COc2ccccc2)c1CCCCCCC. The highest BCUT2D eigenvalue weighted by Gasteiger charge is 2.13. The molecule has 0 saturated carbocycles. The number of hydrogen-bond acceptors (Lipinski definition) is 2. The first kappa shape index (κ1) is 23.3. The van der Waals surface area contributed by atoms with Gasteiger partial charge in [-0.15, -0.1) is 0 Å². The first-order valence-corrected chi connectivity index (χ1v) is 11.8. The molecule has 2 heteroatoms. The number of hydrogen-bond donors (Lipinski definition) is 1. The highest BCUT2D eigenvalue weighted by molar-refractivity contribution is 5.45. The Balaban J connectivity index is 2.08.